The Balaban J connectivity index is 2.29. The molecule has 0 saturated carbocycles. The van der Waals surface area contributed by atoms with Crippen molar-refractivity contribution in [1.82, 2.24) is 4.98 Å². The van der Waals surface area contributed by atoms with Crippen LogP contribution in [0.15, 0.2) is 36.5 Å². The Morgan fingerprint density at radius 3 is 2.65 bits per heavy atom. The third-order valence-electron chi connectivity index (χ3n) is 2.99. The van der Waals surface area contributed by atoms with Crippen LogP contribution in [-0.4, -0.2) is 17.9 Å². The minimum atomic E-state index is -0.0226. The van der Waals surface area contributed by atoms with E-state index in [1.54, 1.807) is 25.4 Å². The highest BCUT2D eigenvalue weighted by atomic mass is 16.5. The molecule has 20 heavy (non-hydrogen) atoms. The third-order valence-corrected chi connectivity index (χ3v) is 2.99. The number of hydrogen-bond acceptors (Lipinski definition) is 4. The van der Waals surface area contributed by atoms with E-state index in [-0.39, 0.29) is 5.78 Å². The van der Waals surface area contributed by atoms with E-state index in [0.29, 0.717) is 22.9 Å². The number of nitrogens with zero attached hydrogens (tertiary/aromatic N) is 1. The van der Waals surface area contributed by atoms with E-state index < -0.39 is 0 Å². The number of carbonyl (C=O) groups excluding carboxylic acids is 1. The predicted octanol–water partition coefficient (Wildman–Crippen LogP) is 3.65. The van der Waals surface area contributed by atoms with Gasteiger partial charge in [0.2, 0.25) is 5.88 Å². The normalized spacial score (nSPS) is 10.2. The quantitative estimate of drug-likeness (QED) is 0.779. The Morgan fingerprint density at radius 1 is 1.20 bits per heavy atom. The number of aryl methyl sites for hydroxylation is 1. The van der Waals surface area contributed by atoms with Crippen LogP contribution >= 0.6 is 0 Å². The van der Waals surface area contributed by atoms with Gasteiger partial charge in [0.1, 0.15) is 0 Å². The first kappa shape index (κ1) is 14.1. The average Bonchev–Trinajstić information content (AvgIpc) is 2.48. The Hall–Kier alpha value is -2.36. The van der Waals surface area contributed by atoms with Crippen LogP contribution in [0, 0.1) is 0 Å². The maximum Gasteiger partial charge on any atom is 0.220 e. The lowest BCUT2D eigenvalue weighted by Crippen LogP contribution is -1.96. The van der Waals surface area contributed by atoms with E-state index >= 15 is 0 Å². The number of methoxy groups -OCH3 is 1. The zero-order valence-corrected chi connectivity index (χ0v) is 11.8. The van der Waals surface area contributed by atoms with Crippen LogP contribution in [0.3, 0.4) is 0 Å². The molecule has 0 radical (unpaired) electrons. The number of Topliss-reactive ketones (excluding diaryl/α,β-unsaturated/α-hetero) is 1. The SMILES string of the molecule is CCc1ccc(Oc2cc(C(C)=O)ccn2)c(OC)c1. The molecule has 1 aromatic carbocycles. The van der Waals surface area contributed by atoms with Crippen molar-refractivity contribution in [3.63, 3.8) is 0 Å². The molecule has 0 bridgehead atoms. The van der Waals surface area contributed by atoms with E-state index in [1.807, 2.05) is 18.2 Å². The lowest BCUT2D eigenvalue weighted by atomic mass is 10.1. The standard InChI is InChI=1S/C16H17NO3/c1-4-12-5-6-14(15(9-12)19-3)20-16-10-13(11(2)18)7-8-17-16/h5-10H,4H2,1-3H3. The summed E-state index contributed by atoms with van der Waals surface area (Å²) in [5, 5.41) is 0. The van der Waals surface area contributed by atoms with Gasteiger partial charge in [0.05, 0.1) is 7.11 Å². The molecule has 0 aliphatic rings. The highest BCUT2D eigenvalue weighted by Crippen LogP contribution is 2.31. The summed E-state index contributed by atoms with van der Waals surface area (Å²) >= 11 is 0. The van der Waals surface area contributed by atoms with Crippen molar-refractivity contribution in [2.24, 2.45) is 0 Å². The van der Waals surface area contributed by atoms with Gasteiger partial charge in [-0.15, -0.1) is 0 Å². The molecule has 0 aliphatic carbocycles. The number of pyridine rings is 1. The topological polar surface area (TPSA) is 48.4 Å². The lowest BCUT2D eigenvalue weighted by molar-refractivity contribution is 0.101. The summed E-state index contributed by atoms with van der Waals surface area (Å²) in [6, 6.07) is 9.04. The Bertz CT molecular complexity index is 623. The smallest absolute Gasteiger partial charge is 0.220 e. The van der Waals surface area contributed by atoms with Gasteiger partial charge >= 0.3 is 0 Å². The molecular formula is C16H17NO3. The lowest BCUT2D eigenvalue weighted by Gasteiger charge is -2.11. The van der Waals surface area contributed by atoms with Crippen molar-refractivity contribution in [3.8, 4) is 17.4 Å². The molecule has 4 heteroatoms. The summed E-state index contributed by atoms with van der Waals surface area (Å²) in [6.45, 7) is 3.59. The summed E-state index contributed by atoms with van der Waals surface area (Å²) in [5.74, 6) is 1.59. The number of ether oxygens (including phenoxy) is 2. The summed E-state index contributed by atoms with van der Waals surface area (Å²) in [6.07, 6.45) is 2.48. The zero-order valence-electron chi connectivity index (χ0n) is 11.8. The molecule has 2 rings (SSSR count). The van der Waals surface area contributed by atoms with Crippen LogP contribution in [0.5, 0.6) is 17.4 Å². The molecule has 0 atom stereocenters. The van der Waals surface area contributed by atoms with Gasteiger partial charge in [0, 0.05) is 17.8 Å². The molecule has 0 aliphatic heterocycles. The molecule has 2 aromatic rings. The number of carbonyl (C=O) groups is 1. The fraction of sp³-hybridized carbons (Fsp3) is 0.250. The Kier molecular flexibility index (Phi) is 4.35. The largest absolute Gasteiger partial charge is 0.493 e. The van der Waals surface area contributed by atoms with Gasteiger partial charge in [-0.05, 0) is 37.1 Å². The van der Waals surface area contributed by atoms with Gasteiger partial charge in [-0.25, -0.2) is 4.98 Å². The molecule has 0 unspecified atom stereocenters. The second kappa shape index (κ2) is 6.19. The minimum absolute atomic E-state index is 0.0226. The molecule has 1 aromatic heterocycles. The van der Waals surface area contributed by atoms with Gasteiger partial charge in [-0.3, -0.25) is 4.79 Å². The monoisotopic (exact) mass is 271 g/mol. The van der Waals surface area contributed by atoms with Crippen LogP contribution in [0.4, 0.5) is 0 Å². The summed E-state index contributed by atoms with van der Waals surface area (Å²) in [4.78, 5) is 15.5. The van der Waals surface area contributed by atoms with Crippen molar-refractivity contribution in [2.75, 3.05) is 7.11 Å². The van der Waals surface area contributed by atoms with Gasteiger partial charge in [0.15, 0.2) is 17.3 Å². The molecule has 1 heterocycles. The predicted molar refractivity (Wildman–Crippen MR) is 76.7 cm³/mol. The van der Waals surface area contributed by atoms with Gasteiger partial charge < -0.3 is 9.47 Å². The molecule has 4 nitrogen and oxygen atoms in total. The maximum atomic E-state index is 11.3. The highest BCUT2D eigenvalue weighted by molar-refractivity contribution is 5.94. The van der Waals surface area contributed by atoms with E-state index in [0.717, 1.165) is 6.42 Å². The third kappa shape index (κ3) is 3.15. The molecule has 0 fully saturated rings. The van der Waals surface area contributed by atoms with Crippen LogP contribution in [0.2, 0.25) is 0 Å². The number of ketones is 1. The summed E-state index contributed by atoms with van der Waals surface area (Å²) < 4.78 is 11.0. The summed E-state index contributed by atoms with van der Waals surface area (Å²) in [7, 11) is 1.60. The molecule has 0 amide bonds. The Labute approximate surface area is 118 Å². The van der Waals surface area contributed by atoms with Crippen molar-refractivity contribution < 1.29 is 14.3 Å². The van der Waals surface area contributed by atoms with Crippen molar-refractivity contribution in [3.05, 3.63) is 47.7 Å². The Morgan fingerprint density at radius 2 is 2.00 bits per heavy atom. The first-order valence-corrected chi connectivity index (χ1v) is 6.45. The van der Waals surface area contributed by atoms with Crippen LogP contribution < -0.4 is 9.47 Å². The fourth-order valence-electron chi connectivity index (χ4n) is 1.81. The fourth-order valence-corrected chi connectivity index (χ4v) is 1.81. The first-order chi connectivity index (χ1) is 9.63. The van der Waals surface area contributed by atoms with Gasteiger partial charge in [-0.1, -0.05) is 13.0 Å². The average molecular weight is 271 g/mol. The molecule has 0 saturated heterocycles. The zero-order chi connectivity index (χ0) is 14.5. The van der Waals surface area contributed by atoms with E-state index in [1.165, 1.54) is 12.5 Å². The minimum Gasteiger partial charge on any atom is -0.493 e. The summed E-state index contributed by atoms with van der Waals surface area (Å²) in [5.41, 5.74) is 1.73. The number of aromatic nitrogens is 1. The van der Waals surface area contributed by atoms with E-state index in [4.69, 9.17) is 9.47 Å². The maximum absolute atomic E-state index is 11.3. The van der Waals surface area contributed by atoms with Crippen molar-refractivity contribution in [2.45, 2.75) is 20.3 Å². The molecular weight excluding hydrogens is 254 g/mol. The van der Waals surface area contributed by atoms with Crippen LogP contribution in [-0.2, 0) is 6.42 Å². The highest BCUT2D eigenvalue weighted by Gasteiger charge is 2.09. The molecule has 0 spiro atoms. The van der Waals surface area contributed by atoms with Crippen LogP contribution in [0.1, 0.15) is 29.8 Å². The number of rotatable bonds is 5. The molecule has 0 N–H and O–H groups in total. The van der Waals surface area contributed by atoms with E-state index in [2.05, 4.69) is 11.9 Å². The van der Waals surface area contributed by atoms with Crippen LogP contribution in [0.25, 0.3) is 0 Å². The van der Waals surface area contributed by atoms with Crippen molar-refractivity contribution in [1.29, 1.82) is 0 Å². The van der Waals surface area contributed by atoms with Gasteiger partial charge in [-0.2, -0.15) is 0 Å². The molecule has 104 valence electrons. The second-order valence-electron chi connectivity index (χ2n) is 4.38. The van der Waals surface area contributed by atoms with E-state index in [9.17, 15) is 4.79 Å². The second-order valence-corrected chi connectivity index (χ2v) is 4.38. The number of benzene rings is 1. The first-order valence-electron chi connectivity index (χ1n) is 6.45. The number of hydrogen-bond donors (Lipinski definition) is 0. The van der Waals surface area contributed by atoms with Gasteiger partial charge in [0.25, 0.3) is 0 Å². The van der Waals surface area contributed by atoms with Crippen molar-refractivity contribution >= 4 is 5.78 Å².